The number of unbranched alkanes of at least 4 members (excludes halogenated alkanes) is 1. The minimum Gasteiger partial charge on any atom is -0.396 e. The van der Waals surface area contributed by atoms with Gasteiger partial charge in [0.1, 0.15) is 0 Å². The zero-order valence-electron chi connectivity index (χ0n) is 10.1. The highest BCUT2D eigenvalue weighted by molar-refractivity contribution is 5.90. The predicted octanol–water partition coefficient (Wildman–Crippen LogP) is 0.631. The summed E-state index contributed by atoms with van der Waals surface area (Å²) in [6, 6.07) is 0. The van der Waals surface area contributed by atoms with Crippen LogP contribution in [0.3, 0.4) is 0 Å². The molecule has 0 aliphatic carbocycles. The van der Waals surface area contributed by atoms with E-state index in [0.717, 1.165) is 0 Å². The minimum atomic E-state index is -0.0512. The second kappa shape index (κ2) is 7.81. The molecular weight excluding hydrogens is 222 g/mol. The standard InChI is InChI=1S/C11H19N3O3/c1-17-7-5-14-9-10(8-12-14)13-11(16)4-2-3-6-15/h8-9,15H,2-7H2,1H3,(H,13,16). The number of nitrogens with zero attached hydrogens (tertiary/aromatic N) is 2. The lowest BCUT2D eigenvalue weighted by Gasteiger charge is -2.01. The number of aromatic nitrogens is 2. The Morgan fingerprint density at radius 3 is 3.12 bits per heavy atom. The molecule has 0 spiro atoms. The van der Waals surface area contributed by atoms with Gasteiger partial charge >= 0.3 is 0 Å². The van der Waals surface area contributed by atoms with Gasteiger partial charge in [-0.05, 0) is 12.8 Å². The highest BCUT2D eigenvalue weighted by Crippen LogP contribution is 2.06. The van der Waals surface area contributed by atoms with Gasteiger partial charge in [0.2, 0.25) is 5.91 Å². The van der Waals surface area contributed by atoms with Gasteiger partial charge in [-0.3, -0.25) is 9.48 Å². The maximum absolute atomic E-state index is 11.5. The lowest BCUT2D eigenvalue weighted by Crippen LogP contribution is -2.11. The number of hydrogen-bond donors (Lipinski definition) is 2. The van der Waals surface area contributed by atoms with Gasteiger partial charge in [-0.1, -0.05) is 0 Å². The summed E-state index contributed by atoms with van der Waals surface area (Å²) in [7, 11) is 1.63. The number of anilines is 1. The fourth-order valence-corrected chi connectivity index (χ4v) is 1.36. The van der Waals surface area contributed by atoms with Gasteiger partial charge in [0, 0.05) is 26.3 Å². The van der Waals surface area contributed by atoms with Crippen LogP contribution in [0.15, 0.2) is 12.4 Å². The van der Waals surface area contributed by atoms with Gasteiger partial charge in [0.15, 0.2) is 0 Å². The molecule has 0 radical (unpaired) electrons. The van der Waals surface area contributed by atoms with Crippen LogP contribution in [0.1, 0.15) is 19.3 Å². The van der Waals surface area contributed by atoms with E-state index in [1.165, 1.54) is 0 Å². The average Bonchev–Trinajstić information content (AvgIpc) is 2.74. The van der Waals surface area contributed by atoms with Crippen molar-refractivity contribution in [2.45, 2.75) is 25.8 Å². The Balaban J connectivity index is 2.30. The number of aliphatic hydroxyl groups excluding tert-OH is 1. The van der Waals surface area contributed by atoms with E-state index in [2.05, 4.69) is 10.4 Å². The van der Waals surface area contributed by atoms with Gasteiger partial charge in [-0.15, -0.1) is 0 Å². The molecule has 17 heavy (non-hydrogen) atoms. The molecule has 0 saturated carbocycles. The van der Waals surface area contributed by atoms with E-state index in [1.54, 1.807) is 24.2 Å². The van der Waals surface area contributed by atoms with Crippen LogP contribution in [0.4, 0.5) is 5.69 Å². The van der Waals surface area contributed by atoms with E-state index in [-0.39, 0.29) is 12.5 Å². The molecule has 0 atom stereocenters. The zero-order chi connectivity index (χ0) is 12.5. The van der Waals surface area contributed by atoms with Crippen LogP contribution in [-0.4, -0.2) is 41.1 Å². The maximum Gasteiger partial charge on any atom is 0.224 e. The molecule has 2 N–H and O–H groups in total. The summed E-state index contributed by atoms with van der Waals surface area (Å²) in [6.07, 6.45) is 5.15. The Kier molecular flexibility index (Phi) is 6.27. The smallest absolute Gasteiger partial charge is 0.224 e. The second-order valence-corrected chi connectivity index (χ2v) is 3.71. The molecule has 6 nitrogen and oxygen atoms in total. The maximum atomic E-state index is 11.5. The van der Waals surface area contributed by atoms with Crippen molar-refractivity contribution in [3.63, 3.8) is 0 Å². The number of nitrogens with one attached hydrogen (secondary N) is 1. The minimum absolute atomic E-state index is 0.0512. The van der Waals surface area contributed by atoms with Gasteiger partial charge in [0.05, 0.1) is 25.0 Å². The number of aliphatic hydroxyl groups is 1. The number of amides is 1. The fourth-order valence-electron chi connectivity index (χ4n) is 1.36. The third-order valence-corrected chi connectivity index (χ3v) is 2.25. The van der Waals surface area contributed by atoms with E-state index < -0.39 is 0 Å². The third kappa shape index (κ3) is 5.46. The number of rotatable bonds is 8. The summed E-state index contributed by atoms with van der Waals surface area (Å²) in [5, 5.41) is 15.4. The molecule has 0 aliphatic heterocycles. The lowest BCUT2D eigenvalue weighted by atomic mass is 10.2. The summed E-state index contributed by atoms with van der Waals surface area (Å²) in [6.45, 7) is 1.38. The first-order valence-electron chi connectivity index (χ1n) is 5.68. The van der Waals surface area contributed by atoms with Crippen LogP contribution < -0.4 is 5.32 Å². The second-order valence-electron chi connectivity index (χ2n) is 3.71. The lowest BCUT2D eigenvalue weighted by molar-refractivity contribution is -0.116. The van der Waals surface area contributed by atoms with Crippen molar-refractivity contribution in [3.05, 3.63) is 12.4 Å². The molecule has 0 unspecified atom stereocenters. The summed E-state index contributed by atoms with van der Waals surface area (Å²) in [5.41, 5.74) is 0.690. The highest BCUT2D eigenvalue weighted by atomic mass is 16.5. The molecule has 0 saturated heterocycles. The van der Waals surface area contributed by atoms with Crippen LogP contribution in [0.25, 0.3) is 0 Å². The number of ether oxygens (including phenoxy) is 1. The molecule has 1 rings (SSSR count). The van der Waals surface area contributed by atoms with Crippen molar-refractivity contribution in [3.8, 4) is 0 Å². The average molecular weight is 241 g/mol. The van der Waals surface area contributed by atoms with Gasteiger partial charge in [-0.2, -0.15) is 5.10 Å². The molecule has 0 aliphatic rings. The van der Waals surface area contributed by atoms with Crippen molar-refractivity contribution >= 4 is 11.6 Å². The van der Waals surface area contributed by atoms with E-state index in [9.17, 15) is 4.79 Å². The summed E-state index contributed by atoms with van der Waals surface area (Å²) >= 11 is 0. The number of carbonyl (C=O) groups excluding carboxylic acids is 1. The highest BCUT2D eigenvalue weighted by Gasteiger charge is 2.04. The van der Waals surface area contributed by atoms with Crippen molar-refractivity contribution in [2.75, 3.05) is 25.6 Å². The Labute approximate surface area is 101 Å². The van der Waals surface area contributed by atoms with Crippen molar-refractivity contribution < 1.29 is 14.6 Å². The number of carbonyl (C=O) groups is 1. The Hall–Kier alpha value is -1.40. The van der Waals surface area contributed by atoms with Crippen molar-refractivity contribution in [1.29, 1.82) is 0 Å². The van der Waals surface area contributed by atoms with Gasteiger partial charge in [-0.25, -0.2) is 0 Å². The molecule has 6 heteroatoms. The van der Waals surface area contributed by atoms with E-state index in [0.29, 0.717) is 38.1 Å². The number of hydrogen-bond acceptors (Lipinski definition) is 4. The molecular formula is C11H19N3O3. The van der Waals surface area contributed by atoms with Crippen molar-refractivity contribution in [2.24, 2.45) is 0 Å². The Bertz CT molecular complexity index is 338. The SMILES string of the molecule is COCCn1cc(NC(=O)CCCCO)cn1. The van der Waals surface area contributed by atoms with Crippen molar-refractivity contribution in [1.82, 2.24) is 9.78 Å². The van der Waals surface area contributed by atoms with Crippen LogP contribution in [0.5, 0.6) is 0 Å². The van der Waals surface area contributed by atoms with Gasteiger partial charge < -0.3 is 15.2 Å². The summed E-state index contributed by atoms with van der Waals surface area (Å²) in [4.78, 5) is 11.5. The van der Waals surface area contributed by atoms with E-state index >= 15 is 0 Å². The first-order valence-corrected chi connectivity index (χ1v) is 5.68. The van der Waals surface area contributed by atoms with Crippen LogP contribution in [-0.2, 0) is 16.1 Å². The van der Waals surface area contributed by atoms with E-state index in [1.807, 2.05) is 0 Å². The van der Waals surface area contributed by atoms with Crippen LogP contribution >= 0.6 is 0 Å². The predicted molar refractivity (Wildman–Crippen MR) is 63.7 cm³/mol. The monoisotopic (exact) mass is 241 g/mol. The Morgan fingerprint density at radius 2 is 2.41 bits per heavy atom. The van der Waals surface area contributed by atoms with Crippen LogP contribution in [0, 0.1) is 0 Å². The normalized spacial score (nSPS) is 10.5. The molecule has 96 valence electrons. The van der Waals surface area contributed by atoms with Gasteiger partial charge in [0.25, 0.3) is 0 Å². The molecule has 1 amide bonds. The third-order valence-electron chi connectivity index (χ3n) is 2.25. The molecule has 1 aromatic rings. The Morgan fingerprint density at radius 1 is 1.59 bits per heavy atom. The molecule has 0 aromatic carbocycles. The summed E-state index contributed by atoms with van der Waals surface area (Å²) in [5.74, 6) is -0.0512. The largest absolute Gasteiger partial charge is 0.396 e. The molecule has 0 bridgehead atoms. The molecule has 0 fully saturated rings. The number of methoxy groups -OCH3 is 1. The zero-order valence-corrected chi connectivity index (χ0v) is 10.1. The van der Waals surface area contributed by atoms with E-state index in [4.69, 9.17) is 9.84 Å². The fraction of sp³-hybridized carbons (Fsp3) is 0.636. The first kappa shape index (κ1) is 13.7. The molecule has 1 aromatic heterocycles. The van der Waals surface area contributed by atoms with Crippen LogP contribution in [0.2, 0.25) is 0 Å². The topological polar surface area (TPSA) is 76.4 Å². The quantitative estimate of drug-likeness (QED) is 0.654. The summed E-state index contributed by atoms with van der Waals surface area (Å²) < 4.78 is 6.64. The molecule has 1 heterocycles. The first-order chi connectivity index (χ1) is 8.26.